The molecule has 0 aliphatic heterocycles. The van der Waals surface area contributed by atoms with Gasteiger partial charge in [-0.2, -0.15) is 0 Å². The van der Waals surface area contributed by atoms with E-state index in [0.29, 0.717) is 17.1 Å². The molecule has 2 amide bonds. The zero-order chi connectivity index (χ0) is 21.2. The van der Waals surface area contributed by atoms with Crippen LogP contribution in [0, 0.1) is 0 Å². The summed E-state index contributed by atoms with van der Waals surface area (Å²) in [6.45, 7) is 0.215. The van der Waals surface area contributed by atoms with E-state index in [-0.39, 0.29) is 19.0 Å². The number of urea groups is 1. The molecule has 30 heavy (non-hydrogen) atoms. The van der Waals surface area contributed by atoms with E-state index in [1.54, 1.807) is 24.3 Å². The van der Waals surface area contributed by atoms with Crippen LogP contribution in [0.4, 0.5) is 16.2 Å². The lowest BCUT2D eigenvalue weighted by molar-refractivity contribution is -0.145. The summed E-state index contributed by atoms with van der Waals surface area (Å²) in [4.78, 5) is 25.8. The van der Waals surface area contributed by atoms with Gasteiger partial charge in [0.2, 0.25) is 0 Å². The van der Waals surface area contributed by atoms with Crippen molar-refractivity contribution in [3.63, 3.8) is 0 Å². The first kappa shape index (κ1) is 20.9. The quantitative estimate of drug-likeness (QED) is 0.370. The first-order chi connectivity index (χ1) is 14.6. The van der Waals surface area contributed by atoms with Gasteiger partial charge < -0.3 is 9.84 Å². The van der Waals surface area contributed by atoms with E-state index in [4.69, 9.17) is 4.74 Å². The lowest BCUT2D eigenvalue weighted by atomic mass is 10.2. The van der Waals surface area contributed by atoms with E-state index in [0.717, 1.165) is 0 Å². The van der Waals surface area contributed by atoms with E-state index in [2.05, 4.69) is 10.9 Å². The lowest BCUT2D eigenvalue weighted by Crippen LogP contribution is -2.46. The van der Waals surface area contributed by atoms with Crippen LogP contribution in [0.25, 0.3) is 0 Å². The van der Waals surface area contributed by atoms with Gasteiger partial charge >= 0.3 is 12.0 Å². The van der Waals surface area contributed by atoms with Crippen molar-refractivity contribution in [2.24, 2.45) is 0 Å². The number of para-hydroxylation sites is 3. The van der Waals surface area contributed by atoms with Gasteiger partial charge in [0.05, 0.1) is 11.4 Å². The standard InChI is InChI=1S/C23H23N3O4/c27-22(28)21(30-20-14-8-3-9-15-20)16-17-24-25-23(29)26(18-10-4-1-5-11-18)19-12-6-2-7-13-19/h1-15,21,24H,16-17H2,(H,25,29)(H,27,28). The Labute approximate surface area is 174 Å². The highest BCUT2D eigenvalue weighted by atomic mass is 16.5. The van der Waals surface area contributed by atoms with Crippen molar-refractivity contribution in [1.29, 1.82) is 0 Å². The van der Waals surface area contributed by atoms with Crippen molar-refractivity contribution in [2.75, 3.05) is 11.4 Å². The summed E-state index contributed by atoms with van der Waals surface area (Å²) in [5, 5.41) is 9.38. The normalized spacial score (nSPS) is 11.3. The maximum atomic E-state index is 12.8. The van der Waals surface area contributed by atoms with Crippen LogP contribution in [0.1, 0.15) is 6.42 Å². The highest BCUT2D eigenvalue weighted by Gasteiger charge is 2.20. The molecule has 0 aliphatic rings. The Bertz CT molecular complexity index is 897. The van der Waals surface area contributed by atoms with Crippen LogP contribution in [0.3, 0.4) is 0 Å². The Balaban J connectivity index is 1.58. The summed E-state index contributed by atoms with van der Waals surface area (Å²) >= 11 is 0. The molecule has 3 aromatic carbocycles. The summed E-state index contributed by atoms with van der Waals surface area (Å²) in [5.74, 6) is -0.588. The first-order valence-corrected chi connectivity index (χ1v) is 9.53. The van der Waals surface area contributed by atoms with E-state index in [9.17, 15) is 14.7 Å². The number of nitrogens with zero attached hydrogens (tertiary/aromatic N) is 1. The van der Waals surface area contributed by atoms with Gasteiger partial charge in [-0.3, -0.25) is 10.3 Å². The molecular weight excluding hydrogens is 382 g/mol. The van der Waals surface area contributed by atoms with Gasteiger partial charge in [0, 0.05) is 13.0 Å². The molecule has 1 unspecified atom stereocenters. The van der Waals surface area contributed by atoms with Crippen molar-refractivity contribution in [2.45, 2.75) is 12.5 Å². The molecule has 0 aliphatic carbocycles. The molecule has 0 saturated carbocycles. The molecule has 7 heteroatoms. The smallest absolute Gasteiger partial charge is 0.344 e. The monoisotopic (exact) mass is 405 g/mol. The van der Waals surface area contributed by atoms with E-state index in [1.807, 2.05) is 66.7 Å². The number of carbonyl (C=O) groups excluding carboxylic acids is 1. The van der Waals surface area contributed by atoms with E-state index in [1.165, 1.54) is 4.90 Å². The minimum Gasteiger partial charge on any atom is -0.479 e. The van der Waals surface area contributed by atoms with Gasteiger partial charge in [0.1, 0.15) is 5.75 Å². The number of rotatable bonds is 9. The first-order valence-electron chi connectivity index (χ1n) is 9.53. The van der Waals surface area contributed by atoms with Crippen LogP contribution >= 0.6 is 0 Å². The number of benzene rings is 3. The molecule has 0 fully saturated rings. The number of aliphatic carboxylic acids is 1. The maximum Gasteiger partial charge on any atom is 0.344 e. The Hall–Kier alpha value is -3.84. The number of hydrazine groups is 1. The number of carboxylic acids is 1. The van der Waals surface area contributed by atoms with Crippen molar-refractivity contribution in [3.05, 3.63) is 91.0 Å². The molecule has 154 valence electrons. The Morgan fingerprint density at radius 3 is 1.83 bits per heavy atom. The summed E-state index contributed by atoms with van der Waals surface area (Å²) in [6, 6.07) is 26.9. The van der Waals surface area contributed by atoms with Crippen LogP contribution in [0.5, 0.6) is 5.75 Å². The number of nitrogens with one attached hydrogen (secondary N) is 2. The predicted molar refractivity (Wildman–Crippen MR) is 115 cm³/mol. The molecule has 7 nitrogen and oxygen atoms in total. The average Bonchev–Trinajstić information content (AvgIpc) is 2.78. The fourth-order valence-electron chi connectivity index (χ4n) is 2.83. The van der Waals surface area contributed by atoms with Crippen LogP contribution in [-0.2, 0) is 4.79 Å². The van der Waals surface area contributed by atoms with Gasteiger partial charge in [-0.25, -0.2) is 15.0 Å². The highest BCUT2D eigenvalue weighted by Crippen LogP contribution is 2.24. The number of carbonyl (C=O) groups is 2. The van der Waals surface area contributed by atoms with Crippen molar-refractivity contribution >= 4 is 23.4 Å². The largest absolute Gasteiger partial charge is 0.479 e. The summed E-state index contributed by atoms with van der Waals surface area (Å²) in [6.07, 6.45) is -0.864. The van der Waals surface area contributed by atoms with Gasteiger partial charge in [0.25, 0.3) is 0 Å². The van der Waals surface area contributed by atoms with Crippen LogP contribution in [0.15, 0.2) is 91.0 Å². The van der Waals surface area contributed by atoms with Crippen LogP contribution in [0.2, 0.25) is 0 Å². The van der Waals surface area contributed by atoms with Gasteiger partial charge in [0.15, 0.2) is 6.10 Å². The molecule has 0 radical (unpaired) electrons. The molecule has 0 heterocycles. The van der Waals surface area contributed by atoms with Gasteiger partial charge in [-0.15, -0.1) is 0 Å². The molecule has 0 bridgehead atoms. The summed E-state index contributed by atoms with van der Waals surface area (Å²) in [5.41, 5.74) is 6.83. The summed E-state index contributed by atoms with van der Waals surface area (Å²) in [7, 11) is 0. The third kappa shape index (κ3) is 5.83. The van der Waals surface area contributed by atoms with E-state index >= 15 is 0 Å². The third-order valence-electron chi connectivity index (χ3n) is 4.26. The number of anilines is 2. The summed E-state index contributed by atoms with van der Waals surface area (Å²) < 4.78 is 5.51. The Morgan fingerprint density at radius 1 is 0.833 bits per heavy atom. The predicted octanol–water partition coefficient (Wildman–Crippen LogP) is 3.96. The average molecular weight is 405 g/mol. The second-order valence-corrected chi connectivity index (χ2v) is 6.41. The molecule has 0 aromatic heterocycles. The third-order valence-corrected chi connectivity index (χ3v) is 4.26. The fraction of sp³-hybridized carbons (Fsp3) is 0.130. The van der Waals surface area contributed by atoms with Crippen LogP contribution in [-0.4, -0.2) is 29.8 Å². The molecule has 1 atom stereocenters. The topological polar surface area (TPSA) is 90.9 Å². The number of hydrogen-bond donors (Lipinski definition) is 3. The molecule has 3 rings (SSSR count). The van der Waals surface area contributed by atoms with Gasteiger partial charge in [-0.1, -0.05) is 54.6 Å². The highest BCUT2D eigenvalue weighted by molar-refractivity contribution is 5.99. The zero-order valence-corrected chi connectivity index (χ0v) is 16.3. The Morgan fingerprint density at radius 2 is 1.33 bits per heavy atom. The zero-order valence-electron chi connectivity index (χ0n) is 16.3. The Kier molecular flexibility index (Phi) is 7.40. The molecule has 3 aromatic rings. The minimum absolute atomic E-state index is 0.168. The molecular formula is C23H23N3O4. The minimum atomic E-state index is -1.07. The second-order valence-electron chi connectivity index (χ2n) is 6.41. The van der Waals surface area contributed by atoms with Gasteiger partial charge in [-0.05, 0) is 36.4 Å². The number of ether oxygens (including phenoxy) is 1. The fourth-order valence-corrected chi connectivity index (χ4v) is 2.83. The van der Waals surface area contributed by atoms with Crippen molar-refractivity contribution < 1.29 is 19.4 Å². The molecule has 0 saturated heterocycles. The second kappa shape index (κ2) is 10.6. The lowest BCUT2D eigenvalue weighted by Gasteiger charge is -2.23. The number of amides is 2. The van der Waals surface area contributed by atoms with Crippen molar-refractivity contribution in [1.82, 2.24) is 10.9 Å². The van der Waals surface area contributed by atoms with Crippen LogP contribution < -0.4 is 20.5 Å². The SMILES string of the molecule is O=C(O)C(CCNNC(=O)N(c1ccccc1)c1ccccc1)Oc1ccccc1. The van der Waals surface area contributed by atoms with Crippen molar-refractivity contribution in [3.8, 4) is 5.75 Å². The number of hydrogen-bond acceptors (Lipinski definition) is 4. The number of carboxylic acid groups (broad SMARTS) is 1. The molecule has 3 N–H and O–H groups in total. The molecule has 0 spiro atoms. The maximum absolute atomic E-state index is 12.8. The van der Waals surface area contributed by atoms with E-state index < -0.39 is 12.1 Å².